The van der Waals surface area contributed by atoms with Gasteiger partial charge in [0.2, 0.25) is 5.91 Å². The maximum atomic E-state index is 13.7. The Balaban J connectivity index is 1.63. The molecule has 2 amide bonds. The van der Waals surface area contributed by atoms with E-state index < -0.39 is 5.54 Å². The van der Waals surface area contributed by atoms with Gasteiger partial charge < -0.3 is 15.0 Å². The van der Waals surface area contributed by atoms with Gasteiger partial charge in [-0.15, -0.1) is 0 Å². The SMILES string of the molecule is COCCCN1C(=O)c2cc(-c3ccc(C(C)C)cc3)nn2C[C@@]1(C)C(=O)NC1CCCCC1. The van der Waals surface area contributed by atoms with Crippen molar-refractivity contribution >= 4 is 11.8 Å². The van der Waals surface area contributed by atoms with Crippen LogP contribution in [0.5, 0.6) is 0 Å². The van der Waals surface area contributed by atoms with Gasteiger partial charge in [-0.25, -0.2) is 0 Å². The third-order valence-electron chi connectivity index (χ3n) is 7.33. The van der Waals surface area contributed by atoms with Gasteiger partial charge in [-0.2, -0.15) is 5.10 Å². The molecule has 0 unspecified atom stereocenters. The topological polar surface area (TPSA) is 76.5 Å². The van der Waals surface area contributed by atoms with Crippen molar-refractivity contribution in [2.45, 2.75) is 83.3 Å². The van der Waals surface area contributed by atoms with Crippen LogP contribution in [0.25, 0.3) is 11.3 Å². The Kier molecular flexibility index (Phi) is 7.41. The van der Waals surface area contributed by atoms with Crippen LogP contribution in [0.4, 0.5) is 0 Å². The number of carbonyl (C=O) groups excluding carboxylic acids is 2. The minimum absolute atomic E-state index is 0.0887. The monoisotopic (exact) mass is 466 g/mol. The first-order valence-electron chi connectivity index (χ1n) is 12.6. The van der Waals surface area contributed by atoms with Crippen molar-refractivity contribution in [1.82, 2.24) is 20.0 Å². The van der Waals surface area contributed by atoms with Crippen molar-refractivity contribution in [1.29, 1.82) is 0 Å². The maximum Gasteiger partial charge on any atom is 0.273 e. The molecule has 4 rings (SSSR count). The fraction of sp³-hybridized carbons (Fsp3) is 0.593. The zero-order valence-electron chi connectivity index (χ0n) is 21.0. The molecular formula is C27H38N4O3. The molecule has 7 nitrogen and oxygen atoms in total. The van der Waals surface area contributed by atoms with E-state index in [-0.39, 0.29) is 17.9 Å². The number of benzene rings is 1. The van der Waals surface area contributed by atoms with Crippen LogP contribution in [0.1, 0.15) is 81.3 Å². The summed E-state index contributed by atoms with van der Waals surface area (Å²) in [6.45, 7) is 7.55. The van der Waals surface area contributed by atoms with Crippen LogP contribution in [0.3, 0.4) is 0 Å². The first-order valence-corrected chi connectivity index (χ1v) is 12.6. The van der Waals surface area contributed by atoms with E-state index in [2.05, 4.69) is 43.4 Å². The molecule has 1 fully saturated rings. The number of nitrogens with one attached hydrogen (secondary N) is 1. The second-order valence-corrected chi connectivity index (χ2v) is 10.2. The van der Waals surface area contributed by atoms with Crippen molar-refractivity contribution in [3.05, 3.63) is 41.6 Å². The van der Waals surface area contributed by atoms with Crippen molar-refractivity contribution in [3.63, 3.8) is 0 Å². The van der Waals surface area contributed by atoms with Gasteiger partial charge in [-0.05, 0) is 43.7 Å². The lowest BCUT2D eigenvalue weighted by molar-refractivity contribution is -0.134. The molecule has 1 aliphatic carbocycles. The number of nitrogens with zero attached hydrogens (tertiary/aromatic N) is 3. The molecule has 0 radical (unpaired) electrons. The lowest BCUT2D eigenvalue weighted by Crippen LogP contribution is -2.65. The van der Waals surface area contributed by atoms with Gasteiger partial charge in [0, 0.05) is 31.9 Å². The zero-order chi connectivity index (χ0) is 24.3. The summed E-state index contributed by atoms with van der Waals surface area (Å²) in [5, 5.41) is 8.02. The molecule has 184 valence electrons. The summed E-state index contributed by atoms with van der Waals surface area (Å²) < 4.78 is 6.94. The molecule has 1 aromatic heterocycles. The quantitative estimate of drug-likeness (QED) is 0.586. The van der Waals surface area contributed by atoms with E-state index in [0.717, 1.165) is 36.9 Å². The Labute approximate surface area is 202 Å². The number of aromatic nitrogens is 2. The van der Waals surface area contributed by atoms with Crippen LogP contribution in [-0.2, 0) is 16.1 Å². The van der Waals surface area contributed by atoms with Gasteiger partial charge in [0.25, 0.3) is 5.91 Å². The first kappa shape index (κ1) is 24.5. The van der Waals surface area contributed by atoms with Crippen LogP contribution in [0, 0.1) is 0 Å². The fourth-order valence-corrected chi connectivity index (χ4v) is 5.13. The lowest BCUT2D eigenvalue weighted by Gasteiger charge is -2.44. The van der Waals surface area contributed by atoms with Crippen molar-refractivity contribution in [2.75, 3.05) is 20.3 Å². The van der Waals surface area contributed by atoms with Gasteiger partial charge in [-0.3, -0.25) is 14.3 Å². The minimum Gasteiger partial charge on any atom is -0.385 e. The molecule has 0 saturated heterocycles. The normalized spacial score (nSPS) is 21.1. The molecule has 0 bridgehead atoms. The Morgan fingerprint density at radius 2 is 1.91 bits per heavy atom. The highest BCUT2D eigenvalue weighted by atomic mass is 16.5. The molecule has 1 atom stereocenters. The maximum absolute atomic E-state index is 13.7. The number of rotatable bonds is 8. The smallest absolute Gasteiger partial charge is 0.273 e. The molecule has 1 N–H and O–H groups in total. The highest BCUT2D eigenvalue weighted by molar-refractivity contribution is 6.00. The standard InChI is InChI=1S/C27H38N4O3/c1-19(2)20-11-13-21(14-12-20)23-17-24-25(32)30(15-8-16-34-4)27(3,18-31(24)29-23)26(33)28-22-9-6-5-7-10-22/h11-14,17,19,22H,5-10,15-16,18H2,1-4H3,(H,28,33)/t27-/m0/s1. The van der Waals surface area contributed by atoms with Gasteiger partial charge in [0.15, 0.2) is 0 Å². The van der Waals surface area contributed by atoms with E-state index in [4.69, 9.17) is 9.84 Å². The third kappa shape index (κ3) is 4.90. The fourth-order valence-electron chi connectivity index (χ4n) is 5.13. The molecule has 34 heavy (non-hydrogen) atoms. The highest BCUT2D eigenvalue weighted by Gasteiger charge is 2.48. The molecule has 2 aromatic rings. The number of amides is 2. The van der Waals surface area contributed by atoms with Crippen molar-refractivity contribution in [2.24, 2.45) is 0 Å². The minimum atomic E-state index is -1.000. The van der Waals surface area contributed by atoms with Crippen LogP contribution < -0.4 is 5.32 Å². The number of fused-ring (bicyclic) bond motifs is 1. The van der Waals surface area contributed by atoms with Crippen molar-refractivity contribution in [3.8, 4) is 11.3 Å². The van der Waals surface area contributed by atoms with E-state index in [1.165, 1.54) is 12.0 Å². The average molecular weight is 467 g/mol. The summed E-state index contributed by atoms with van der Waals surface area (Å²) in [5.41, 5.74) is 2.52. The highest BCUT2D eigenvalue weighted by Crippen LogP contribution is 2.31. The Morgan fingerprint density at radius 1 is 1.21 bits per heavy atom. The number of carbonyl (C=O) groups is 2. The van der Waals surface area contributed by atoms with Crippen LogP contribution in [-0.4, -0.2) is 58.3 Å². The molecule has 1 saturated carbocycles. The van der Waals surface area contributed by atoms with Gasteiger partial charge in [0.1, 0.15) is 11.2 Å². The summed E-state index contributed by atoms with van der Waals surface area (Å²) in [6.07, 6.45) is 6.18. The third-order valence-corrected chi connectivity index (χ3v) is 7.33. The molecule has 2 heterocycles. The number of ether oxygens (including phenoxy) is 1. The summed E-state index contributed by atoms with van der Waals surface area (Å²) in [5.74, 6) is 0.213. The predicted octanol–water partition coefficient (Wildman–Crippen LogP) is 4.37. The second-order valence-electron chi connectivity index (χ2n) is 10.2. The Morgan fingerprint density at radius 3 is 2.56 bits per heavy atom. The van der Waals surface area contributed by atoms with E-state index in [1.54, 1.807) is 16.7 Å². The van der Waals surface area contributed by atoms with Gasteiger partial charge in [0.05, 0.1) is 12.2 Å². The largest absolute Gasteiger partial charge is 0.385 e. The van der Waals surface area contributed by atoms with Gasteiger partial charge in [-0.1, -0.05) is 57.4 Å². The van der Waals surface area contributed by atoms with Crippen LogP contribution >= 0.6 is 0 Å². The zero-order valence-corrected chi connectivity index (χ0v) is 21.0. The molecule has 7 heteroatoms. The van der Waals surface area contributed by atoms with E-state index in [1.807, 2.05) is 13.0 Å². The molecule has 1 aliphatic heterocycles. The number of hydrogen-bond acceptors (Lipinski definition) is 4. The van der Waals surface area contributed by atoms with E-state index in [9.17, 15) is 9.59 Å². The van der Waals surface area contributed by atoms with Crippen molar-refractivity contribution < 1.29 is 14.3 Å². The Hall–Kier alpha value is -2.67. The first-order chi connectivity index (χ1) is 16.3. The van der Waals surface area contributed by atoms with Crippen LogP contribution in [0.15, 0.2) is 30.3 Å². The van der Waals surface area contributed by atoms with Gasteiger partial charge >= 0.3 is 0 Å². The Bertz CT molecular complexity index is 1010. The molecular weight excluding hydrogens is 428 g/mol. The summed E-state index contributed by atoms with van der Waals surface area (Å²) in [7, 11) is 1.65. The molecule has 2 aliphatic rings. The van der Waals surface area contributed by atoms with E-state index >= 15 is 0 Å². The summed E-state index contributed by atoms with van der Waals surface area (Å²) >= 11 is 0. The second kappa shape index (κ2) is 10.3. The number of hydrogen-bond donors (Lipinski definition) is 1. The average Bonchev–Trinajstić information content (AvgIpc) is 3.26. The molecule has 1 aromatic carbocycles. The predicted molar refractivity (Wildman–Crippen MR) is 133 cm³/mol. The summed E-state index contributed by atoms with van der Waals surface area (Å²) in [6, 6.07) is 10.4. The molecule has 0 spiro atoms. The van der Waals surface area contributed by atoms with E-state index in [0.29, 0.717) is 37.7 Å². The summed E-state index contributed by atoms with van der Waals surface area (Å²) in [4.78, 5) is 29.0. The van der Waals surface area contributed by atoms with Crippen LogP contribution in [0.2, 0.25) is 0 Å². The lowest BCUT2D eigenvalue weighted by atomic mass is 9.91. The number of methoxy groups -OCH3 is 1.